The van der Waals surface area contributed by atoms with Gasteiger partial charge in [0.05, 0.1) is 18.6 Å². The molecule has 4 heterocycles. The van der Waals surface area contributed by atoms with E-state index >= 15 is 0 Å². The van der Waals surface area contributed by atoms with Crippen LogP contribution in [0.2, 0.25) is 0 Å². The number of nitrogens with one attached hydrogen (secondary N) is 2. The van der Waals surface area contributed by atoms with Gasteiger partial charge in [-0.05, 0) is 17.0 Å². The van der Waals surface area contributed by atoms with Crippen LogP contribution in [0.3, 0.4) is 0 Å². The molecular formula is C32H38N8O6S. The van der Waals surface area contributed by atoms with Gasteiger partial charge in [-0.15, -0.1) is 0 Å². The van der Waals surface area contributed by atoms with Crippen LogP contribution in [-0.2, 0) is 27.7 Å². The molecule has 248 valence electrons. The first kappa shape index (κ1) is 32.7. The molecule has 6 rings (SSSR count). The minimum Gasteiger partial charge on any atom is -0.387 e. The summed E-state index contributed by atoms with van der Waals surface area (Å²) in [5.41, 5.74) is 2.84. The number of aliphatic hydroxyl groups excluding tert-OH is 2. The number of ether oxygens (including phenoxy) is 1. The Kier molecular flexibility index (Phi) is 9.61. The van der Waals surface area contributed by atoms with Crippen LogP contribution in [0, 0.1) is 5.92 Å². The first-order chi connectivity index (χ1) is 22.6. The van der Waals surface area contributed by atoms with E-state index in [9.17, 15) is 18.6 Å². The predicted molar refractivity (Wildman–Crippen MR) is 173 cm³/mol. The maximum absolute atomic E-state index is 12.7. The summed E-state index contributed by atoms with van der Waals surface area (Å²) in [6.45, 7) is 5.77. The van der Waals surface area contributed by atoms with Crippen LogP contribution >= 0.6 is 0 Å². The van der Waals surface area contributed by atoms with Gasteiger partial charge >= 0.3 is 0 Å². The molecule has 4 atom stereocenters. The molecule has 5 aromatic rings. The van der Waals surface area contributed by atoms with Gasteiger partial charge in [0, 0.05) is 18.9 Å². The van der Waals surface area contributed by atoms with Crippen LogP contribution in [-0.4, -0.2) is 72.8 Å². The Bertz CT molecular complexity index is 1860. The van der Waals surface area contributed by atoms with Crippen LogP contribution in [0.5, 0.6) is 0 Å². The summed E-state index contributed by atoms with van der Waals surface area (Å²) in [6, 6.07) is 20.1. The zero-order valence-electron chi connectivity index (χ0n) is 26.3. The van der Waals surface area contributed by atoms with E-state index in [2.05, 4.69) is 59.4 Å². The largest absolute Gasteiger partial charge is 0.387 e. The summed E-state index contributed by atoms with van der Waals surface area (Å²) < 4.78 is 40.8. The van der Waals surface area contributed by atoms with E-state index in [0.717, 1.165) is 11.1 Å². The second-order valence-electron chi connectivity index (χ2n) is 11.9. The molecule has 0 amide bonds. The standard InChI is InChI=1S/C32H38N8O6S/c1-4-23-38-31(46-39-23)28-26(41)27(42)32(45-28)40-18-34-25-29(36-24(37-30(25)40)16-35-47(43,44)17-19(2)3)33-15-22(20-11-7-5-8-12-20)21-13-9-6-10-14-21/h5-14,18-19,22,26-28,32,35,41-42H,4,15-17H2,1-3H3,(H,33,36,37)/t26-,27+,28-,32+/m0/s1. The normalized spacial score (nSPS) is 20.1. The zero-order chi connectivity index (χ0) is 33.1. The predicted octanol–water partition coefficient (Wildman–Crippen LogP) is 3.08. The highest BCUT2D eigenvalue weighted by molar-refractivity contribution is 7.89. The second kappa shape index (κ2) is 13.8. The lowest BCUT2D eigenvalue weighted by atomic mass is 9.91. The molecule has 1 aliphatic heterocycles. The van der Waals surface area contributed by atoms with Gasteiger partial charge in [0.1, 0.15) is 18.0 Å². The Morgan fingerprint density at radius 3 is 2.23 bits per heavy atom. The lowest BCUT2D eigenvalue weighted by molar-refractivity contribution is -0.0451. The van der Waals surface area contributed by atoms with E-state index in [1.165, 1.54) is 10.9 Å². The van der Waals surface area contributed by atoms with Crippen molar-refractivity contribution in [2.45, 2.75) is 64.2 Å². The van der Waals surface area contributed by atoms with E-state index in [1.54, 1.807) is 0 Å². The Morgan fingerprint density at radius 2 is 1.62 bits per heavy atom. The van der Waals surface area contributed by atoms with Crippen molar-refractivity contribution in [2.75, 3.05) is 17.6 Å². The van der Waals surface area contributed by atoms with E-state index in [1.807, 2.05) is 57.2 Å². The number of hydrogen-bond donors (Lipinski definition) is 4. The van der Waals surface area contributed by atoms with Crippen LogP contribution in [0.25, 0.3) is 11.2 Å². The third-order valence-electron chi connectivity index (χ3n) is 7.90. The molecule has 0 unspecified atom stereocenters. The molecule has 14 nitrogen and oxygen atoms in total. The molecule has 1 aliphatic rings. The fourth-order valence-corrected chi connectivity index (χ4v) is 6.98. The quantitative estimate of drug-likeness (QED) is 0.144. The molecule has 15 heteroatoms. The molecule has 3 aromatic heterocycles. The average Bonchev–Trinajstić information content (AvgIpc) is 3.78. The monoisotopic (exact) mass is 662 g/mol. The number of aryl methyl sites for hydroxylation is 1. The molecule has 0 saturated carbocycles. The summed E-state index contributed by atoms with van der Waals surface area (Å²) in [7, 11) is -3.60. The van der Waals surface area contributed by atoms with Gasteiger partial charge in [-0.25, -0.2) is 28.1 Å². The first-order valence-electron chi connectivity index (χ1n) is 15.5. The molecule has 0 spiro atoms. The van der Waals surface area contributed by atoms with Crippen LogP contribution in [0.4, 0.5) is 5.82 Å². The highest BCUT2D eigenvalue weighted by Gasteiger charge is 2.47. The molecule has 1 saturated heterocycles. The van der Waals surface area contributed by atoms with E-state index in [0.29, 0.717) is 30.1 Å². The van der Waals surface area contributed by atoms with Crippen molar-refractivity contribution in [3.63, 3.8) is 0 Å². The van der Waals surface area contributed by atoms with Gasteiger partial charge < -0.3 is 24.8 Å². The minimum atomic E-state index is -3.60. The lowest BCUT2D eigenvalue weighted by Crippen LogP contribution is -2.30. The molecule has 47 heavy (non-hydrogen) atoms. The van der Waals surface area contributed by atoms with Gasteiger partial charge in [-0.3, -0.25) is 4.57 Å². The van der Waals surface area contributed by atoms with Crippen LogP contribution < -0.4 is 10.0 Å². The van der Waals surface area contributed by atoms with E-state index in [-0.39, 0.29) is 41.5 Å². The Hall–Kier alpha value is -4.28. The maximum Gasteiger partial charge on any atom is 0.258 e. The molecule has 4 N–H and O–H groups in total. The van der Waals surface area contributed by atoms with Crippen molar-refractivity contribution in [2.24, 2.45) is 5.92 Å². The average molecular weight is 663 g/mol. The molecule has 0 bridgehead atoms. The van der Waals surface area contributed by atoms with Crippen molar-refractivity contribution in [1.29, 1.82) is 0 Å². The fraction of sp³-hybridized carbons (Fsp3) is 0.406. The summed E-state index contributed by atoms with van der Waals surface area (Å²) >= 11 is 0. The minimum absolute atomic E-state index is 0.0456. The lowest BCUT2D eigenvalue weighted by Gasteiger charge is -2.20. The zero-order valence-corrected chi connectivity index (χ0v) is 27.1. The number of anilines is 1. The topological polar surface area (TPSA) is 190 Å². The SMILES string of the molecule is CCc1noc([C@H]2O[C@@H](n3cnc4c(NCC(c5ccccc5)c5ccccc5)nc(CNS(=O)(=O)CC(C)C)nc43)[C@H](O)[C@@H]2O)n1. The third kappa shape index (κ3) is 7.18. The number of fused-ring (bicyclic) bond motifs is 1. The van der Waals surface area contributed by atoms with Crippen molar-refractivity contribution in [3.8, 4) is 0 Å². The number of sulfonamides is 1. The Morgan fingerprint density at radius 1 is 0.936 bits per heavy atom. The fourth-order valence-electron chi connectivity index (χ4n) is 5.64. The van der Waals surface area contributed by atoms with Gasteiger partial charge in [0.15, 0.2) is 35.1 Å². The van der Waals surface area contributed by atoms with E-state index < -0.39 is 34.6 Å². The number of benzene rings is 2. The summed E-state index contributed by atoms with van der Waals surface area (Å²) in [4.78, 5) is 18.1. The Labute approximate surface area is 272 Å². The number of aliphatic hydroxyl groups is 2. The molecule has 0 radical (unpaired) electrons. The maximum atomic E-state index is 12.7. The molecule has 1 fully saturated rings. The van der Waals surface area contributed by atoms with Crippen molar-refractivity contribution < 1.29 is 27.9 Å². The van der Waals surface area contributed by atoms with Gasteiger partial charge in [-0.1, -0.05) is 86.6 Å². The number of hydrogen-bond acceptors (Lipinski definition) is 12. The van der Waals surface area contributed by atoms with Crippen molar-refractivity contribution >= 4 is 27.0 Å². The first-order valence-corrected chi connectivity index (χ1v) is 17.2. The highest BCUT2D eigenvalue weighted by atomic mass is 32.2. The van der Waals surface area contributed by atoms with Gasteiger partial charge in [0.25, 0.3) is 5.89 Å². The number of aromatic nitrogens is 6. The molecule has 2 aromatic carbocycles. The number of rotatable bonds is 13. The molecule has 0 aliphatic carbocycles. The summed E-state index contributed by atoms with van der Waals surface area (Å²) in [5, 5.41) is 29.3. The van der Waals surface area contributed by atoms with Crippen molar-refractivity contribution in [3.05, 3.63) is 95.7 Å². The molecular weight excluding hydrogens is 624 g/mol. The van der Waals surface area contributed by atoms with Crippen molar-refractivity contribution in [1.82, 2.24) is 34.4 Å². The van der Waals surface area contributed by atoms with Crippen LogP contribution in [0.1, 0.15) is 67.7 Å². The highest BCUT2D eigenvalue weighted by Crippen LogP contribution is 2.39. The van der Waals surface area contributed by atoms with Gasteiger partial charge in [-0.2, -0.15) is 4.98 Å². The smallest absolute Gasteiger partial charge is 0.258 e. The summed E-state index contributed by atoms with van der Waals surface area (Å²) in [6.07, 6.45) is -3.00. The van der Waals surface area contributed by atoms with Crippen LogP contribution in [0.15, 0.2) is 71.5 Å². The Balaban J connectivity index is 1.35. The summed E-state index contributed by atoms with van der Waals surface area (Å²) in [5.74, 6) is 0.873. The number of nitrogens with zero attached hydrogens (tertiary/aromatic N) is 6. The number of imidazole rings is 1. The second-order valence-corrected chi connectivity index (χ2v) is 13.7. The van der Waals surface area contributed by atoms with Gasteiger partial charge in [0.2, 0.25) is 10.0 Å². The third-order valence-corrected chi connectivity index (χ3v) is 9.59. The van der Waals surface area contributed by atoms with E-state index in [4.69, 9.17) is 9.26 Å².